The van der Waals surface area contributed by atoms with Crippen LogP contribution in [0.5, 0.6) is 11.5 Å². The van der Waals surface area contributed by atoms with Crippen molar-refractivity contribution in [1.82, 2.24) is 5.32 Å². The van der Waals surface area contributed by atoms with Gasteiger partial charge in [-0.1, -0.05) is 6.07 Å². The Morgan fingerprint density at radius 1 is 1.40 bits per heavy atom. The molecule has 0 saturated carbocycles. The molecule has 15 heavy (non-hydrogen) atoms. The molecular formula is C11H13NO3. The minimum Gasteiger partial charge on any atom is -0.486 e. The van der Waals surface area contributed by atoms with Crippen LogP contribution < -0.4 is 14.8 Å². The molecule has 1 aromatic carbocycles. The number of ether oxygens (including phenoxy) is 2. The average molecular weight is 207 g/mol. The number of Topliss-reactive ketones (excluding diaryl/α,β-unsaturated/α-hetero) is 1. The molecule has 1 heterocycles. The summed E-state index contributed by atoms with van der Waals surface area (Å²) in [6.07, 6.45) is 0. The van der Waals surface area contributed by atoms with Crippen molar-refractivity contribution in [2.45, 2.75) is 0 Å². The van der Waals surface area contributed by atoms with E-state index in [2.05, 4.69) is 5.32 Å². The molecule has 0 aromatic heterocycles. The fourth-order valence-corrected chi connectivity index (χ4v) is 1.55. The van der Waals surface area contributed by atoms with E-state index >= 15 is 0 Å². The maximum Gasteiger partial charge on any atom is 0.180 e. The number of likely N-dealkylation sites (N-methyl/N-ethyl adjacent to an activating group) is 1. The van der Waals surface area contributed by atoms with Crippen LogP contribution in [0, 0.1) is 0 Å². The molecule has 0 fully saturated rings. The van der Waals surface area contributed by atoms with E-state index in [1.165, 1.54) is 0 Å². The molecule has 1 N–H and O–H groups in total. The van der Waals surface area contributed by atoms with Crippen LogP contribution in [0.2, 0.25) is 0 Å². The first kappa shape index (κ1) is 9.98. The van der Waals surface area contributed by atoms with Crippen molar-refractivity contribution in [2.24, 2.45) is 0 Å². The number of carbonyl (C=O) groups is 1. The molecule has 0 saturated heterocycles. The summed E-state index contributed by atoms with van der Waals surface area (Å²) in [7, 11) is 1.74. The number of hydrogen-bond acceptors (Lipinski definition) is 4. The van der Waals surface area contributed by atoms with Gasteiger partial charge in [0.1, 0.15) is 13.2 Å². The molecule has 0 unspecified atom stereocenters. The third kappa shape index (κ3) is 1.94. The quantitative estimate of drug-likeness (QED) is 0.747. The summed E-state index contributed by atoms with van der Waals surface area (Å²) in [5.41, 5.74) is 0.585. The number of carbonyl (C=O) groups excluding carboxylic acids is 1. The van der Waals surface area contributed by atoms with Crippen molar-refractivity contribution in [3.8, 4) is 11.5 Å². The average Bonchev–Trinajstić information content (AvgIpc) is 2.28. The standard InChI is InChI=1S/C11H13NO3/c1-12-7-9(13)8-3-2-4-10-11(8)15-6-5-14-10/h2-4,12H,5-7H2,1H3. The van der Waals surface area contributed by atoms with Crippen molar-refractivity contribution in [3.63, 3.8) is 0 Å². The van der Waals surface area contributed by atoms with Gasteiger partial charge in [0.25, 0.3) is 0 Å². The Balaban J connectivity index is 2.34. The number of benzene rings is 1. The van der Waals surface area contributed by atoms with Crippen molar-refractivity contribution in [3.05, 3.63) is 23.8 Å². The van der Waals surface area contributed by atoms with E-state index in [0.29, 0.717) is 36.8 Å². The summed E-state index contributed by atoms with van der Waals surface area (Å²) >= 11 is 0. The van der Waals surface area contributed by atoms with Crippen LogP contribution in [0.1, 0.15) is 10.4 Å². The van der Waals surface area contributed by atoms with Crippen LogP contribution in [0.25, 0.3) is 0 Å². The van der Waals surface area contributed by atoms with Crippen LogP contribution in [0.4, 0.5) is 0 Å². The normalized spacial score (nSPS) is 13.7. The number of rotatable bonds is 3. The zero-order valence-corrected chi connectivity index (χ0v) is 8.58. The van der Waals surface area contributed by atoms with E-state index in [1.807, 2.05) is 6.07 Å². The zero-order valence-electron chi connectivity index (χ0n) is 8.58. The second-order valence-electron chi connectivity index (χ2n) is 3.28. The first-order valence-electron chi connectivity index (χ1n) is 4.89. The lowest BCUT2D eigenvalue weighted by atomic mass is 10.1. The Morgan fingerprint density at radius 2 is 2.20 bits per heavy atom. The molecule has 80 valence electrons. The second-order valence-corrected chi connectivity index (χ2v) is 3.28. The van der Waals surface area contributed by atoms with Gasteiger partial charge in [-0.25, -0.2) is 0 Å². The maximum absolute atomic E-state index is 11.7. The van der Waals surface area contributed by atoms with Crippen LogP contribution >= 0.6 is 0 Å². The Kier molecular flexibility index (Phi) is 2.87. The minimum absolute atomic E-state index is 0.0138. The molecular weight excluding hydrogens is 194 g/mol. The lowest BCUT2D eigenvalue weighted by Crippen LogP contribution is -2.22. The van der Waals surface area contributed by atoms with Crippen LogP contribution in [0.15, 0.2) is 18.2 Å². The number of para-hydroxylation sites is 1. The Hall–Kier alpha value is -1.55. The molecule has 4 heteroatoms. The number of ketones is 1. The third-order valence-corrected chi connectivity index (χ3v) is 2.20. The minimum atomic E-state index is 0.0138. The van der Waals surface area contributed by atoms with Crippen molar-refractivity contribution in [1.29, 1.82) is 0 Å². The topological polar surface area (TPSA) is 47.6 Å². The van der Waals surface area contributed by atoms with Gasteiger partial charge in [0.15, 0.2) is 17.3 Å². The van der Waals surface area contributed by atoms with Gasteiger partial charge >= 0.3 is 0 Å². The predicted octanol–water partition coefficient (Wildman–Crippen LogP) is 0.860. The molecule has 0 radical (unpaired) electrons. The molecule has 0 atom stereocenters. The summed E-state index contributed by atoms with van der Waals surface area (Å²) in [6, 6.07) is 5.37. The molecule has 0 amide bonds. The van der Waals surface area contributed by atoms with Crippen LogP contribution in [0.3, 0.4) is 0 Å². The third-order valence-electron chi connectivity index (χ3n) is 2.20. The van der Waals surface area contributed by atoms with Crippen LogP contribution in [-0.4, -0.2) is 32.6 Å². The SMILES string of the molecule is CNCC(=O)c1cccc2c1OCCO2. The van der Waals surface area contributed by atoms with Gasteiger partial charge in [-0.3, -0.25) is 4.79 Å². The van der Waals surface area contributed by atoms with E-state index in [1.54, 1.807) is 19.2 Å². The number of fused-ring (bicyclic) bond motifs is 1. The largest absolute Gasteiger partial charge is 0.486 e. The van der Waals surface area contributed by atoms with Crippen LogP contribution in [-0.2, 0) is 0 Å². The van der Waals surface area contributed by atoms with Crippen molar-refractivity contribution < 1.29 is 14.3 Å². The number of nitrogens with one attached hydrogen (secondary N) is 1. The highest BCUT2D eigenvalue weighted by molar-refractivity contribution is 6.00. The summed E-state index contributed by atoms with van der Waals surface area (Å²) in [5, 5.41) is 2.83. The fraction of sp³-hybridized carbons (Fsp3) is 0.364. The monoisotopic (exact) mass is 207 g/mol. The second kappa shape index (κ2) is 4.31. The predicted molar refractivity (Wildman–Crippen MR) is 55.7 cm³/mol. The lowest BCUT2D eigenvalue weighted by Gasteiger charge is -2.20. The highest BCUT2D eigenvalue weighted by atomic mass is 16.6. The van der Waals surface area contributed by atoms with E-state index < -0.39 is 0 Å². The van der Waals surface area contributed by atoms with Gasteiger partial charge in [0, 0.05) is 0 Å². The molecule has 0 spiro atoms. The van der Waals surface area contributed by atoms with Gasteiger partial charge in [-0.05, 0) is 19.2 Å². The zero-order chi connectivity index (χ0) is 10.7. The first-order valence-corrected chi connectivity index (χ1v) is 4.89. The molecule has 1 aromatic rings. The molecule has 4 nitrogen and oxygen atoms in total. The summed E-state index contributed by atoms with van der Waals surface area (Å²) in [4.78, 5) is 11.7. The smallest absolute Gasteiger partial charge is 0.180 e. The number of hydrogen-bond donors (Lipinski definition) is 1. The highest BCUT2D eigenvalue weighted by Gasteiger charge is 2.19. The van der Waals surface area contributed by atoms with Gasteiger partial charge in [-0.2, -0.15) is 0 Å². The Morgan fingerprint density at radius 3 is 3.00 bits per heavy atom. The van der Waals surface area contributed by atoms with Crippen molar-refractivity contribution >= 4 is 5.78 Å². The maximum atomic E-state index is 11.7. The van der Waals surface area contributed by atoms with E-state index in [9.17, 15) is 4.79 Å². The van der Waals surface area contributed by atoms with Gasteiger partial charge in [0.2, 0.25) is 0 Å². The molecule has 0 bridgehead atoms. The fourth-order valence-electron chi connectivity index (χ4n) is 1.55. The summed E-state index contributed by atoms with van der Waals surface area (Å²) in [5.74, 6) is 1.24. The van der Waals surface area contributed by atoms with Gasteiger partial charge in [-0.15, -0.1) is 0 Å². The van der Waals surface area contributed by atoms with Crippen molar-refractivity contribution in [2.75, 3.05) is 26.8 Å². The summed E-state index contributed by atoms with van der Waals surface area (Å²) < 4.78 is 10.8. The molecule has 2 rings (SSSR count). The van der Waals surface area contributed by atoms with E-state index in [0.717, 1.165) is 0 Å². The highest BCUT2D eigenvalue weighted by Crippen LogP contribution is 2.33. The molecule has 0 aliphatic carbocycles. The van der Waals surface area contributed by atoms with E-state index in [-0.39, 0.29) is 5.78 Å². The van der Waals surface area contributed by atoms with E-state index in [4.69, 9.17) is 9.47 Å². The van der Waals surface area contributed by atoms with Gasteiger partial charge < -0.3 is 14.8 Å². The molecule has 1 aliphatic rings. The first-order chi connectivity index (χ1) is 7.33. The molecule has 1 aliphatic heterocycles. The van der Waals surface area contributed by atoms with Gasteiger partial charge in [0.05, 0.1) is 12.1 Å². The summed E-state index contributed by atoms with van der Waals surface area (Å²) in [6.45, 7) is 1.34. The Bertz CT molecular complexity index is 376. The lowest BCUT2D eigenvalue weighted by molar-refractivity contribution is 0.0982. The Labute approximate surface area is 88.2 Å².